The normalized spacial score (nSPS) is 21.4. The quantitative estimate of drug-likeness (QED) is 0.611. The predicted octanol–water partition coefficient (Wildman–Crippen LogP) is 4.29. The third-order valence-corrected chi connectivity index (χ3v) is 4.05. The van der Waals surface area contributed by atoms with Crippen LogP contribution in [0.3, 0.4) is 0 Å². The number of rotatable bonds is 2. The van der Waals surface area contributed by atoms with Crippen LogP contribution < -0.4 is 0 Å². The van der Waals surface area contributed by atoms with Crippen molar-refractivity contribution in [3.8, 4) is 0 Å². The molecule has 3 rings (SSSR count). The fourth-order valence-electron chi connectivity index (χ4n) is 3.06. The van der Waals surface area contributed by atoms with E-state index >= 15 is 0 Å². The Morgan fingerprint density at radius 1 is 1.14 bits per heavy atom. The summed E-state index contributed by atoms with van der Waals surface area (Å²) in [4.78, 5) is 15.6. The third kappa shape index (κ3) is 2.44. The monoisotopic (exact) mass is 288 g/mol. The zero-order valence-corrected chi connectivity index (χ0v) is 11.3. The Kier molecular flexibility index (Phi) is 3.73. The number of fused-ring (bicyclic) bond motifs is 1. The summed E-state index contributed by atoms with van der Waals surface area (Å²) in [5.74, 6) is -2.24. The molecule has 2 aromatic rings. The summed E-state index contributed by atoms with van der Waals surface area (Å²) in [6.45, 7) is 0. The predicted molar refractivity (Wildman–Crippen MR) is 74.8 cm³/mol. The minimum atomic E-state index is -0.896. The number of benzene rings is 1. The first-order chi connectivity index (χ1) is 10.2. The van der Waals surface area contributed by atoms with Gasteiger partial charge in [0.1, 0.15) is 6.04 Å². The van der Waals surface area contributed by atoms with Gasteiger partial charge in [-0.3, -0.25) is 4.98 Å². The van der Waals surface area contributed by atoms with Crippen molar-refractivity contribution in [1.29, 1.82) is 0 Å². The van der Waals surface area contributed by atoms with Crippen molar-refractivity contribution in [1.82, 2.24) is 4.98 Å². The largest absolute Gasteiger partial charge is 0.261 e. The third-order valence-electron chi connectivity index (χ3n) is 4.05. The van der Waals surface area contributed by atoms with Gasteiger partial charge in [-0.05, 0) is 37.0 Å². The van der Waals surface area contributed by atoms with Crippen LogP contribution in [0.4, 0.5) is 8.78 Å². The van der Waals surface area contributed by atoms with Gasteiger partial charge in [-0.15, -0.1) is 0 Å². The Morgan fingerprint density at radius 3 is 2.76 bits per heavy atom. The summed E-state index contributed by atoms with van der Waals surface area (Å²) in [5, 5.41) is 3.20. The maximum Gasteiger partial charge on any atom is 0.162 e. The van der Waals surface area contributed by atoms with Crippen LogP contribution in [0, 0.1) is 16.5 Å². The van der Waals surface area contributed by atoms with E-state index in [9.17, 15) is 13.7 Å². The molecule has 5 heteroatoms. The number of hydrogen-bond acceptors (Lipinski definition) is 3. The lowest BCUT2D eigenvalue weighted by Gasteiger charge is -2.21. The Morgan fingerprint density at radius 2 is 1.95 bits per heavy atom. The molecule has 0 bridgehead atoms. The van der Waals surface area contributed by atoms with E-state index in [2.05, 4.69) is 10.2 Å². The van der Waals surface area contributed by atoms with Gasteiger partial charge in [0.2, 0.25) is 0 Å². The number of aryl methyl sites for hydroxylation is 1. The van der Waals surface area contributed by atoms with Gasteiger partial charge in [0.05, 0.1) is 0 Å². The zero-order chi connectivity index (χ0) is 14.8. The van der Waals surface area contributed by atoms with Crippen LogP contribution in [0.15, 0.2) is 41.7 Å². The average molecular weight is 288 g/mol. The van der Waals surface area contributed by atoms with E-state index in [1.165, 1.54) is 12.1 Å². The number of aromatic nitrogens is 1. The number of nitroso groups, excluding NO2 is 1. The zero-order valence-electron chi connectivity index (χ0n) is 11.3. The summed E-state index contributed by atoms with van der Waals surface area (Å²) < 4.78 is 27.5. The van der Waals surface area contributed by atoms with E-state index in [1.54, 1.807) is 18.3 Å². The highest BCUT2D eigenvalue weighted by Crippen LogP contribution is 2.42. The van der Waals surface area contributed by atoms with E-state index in [4.69, 9.17) is 0 Å². The van der Waals surface area contributed by atoms with E-state index in [0.717, 1.165) is 30.2 Å². The SMILES string of the molecule is O=NC1c2cccnc2CCC[C@H]1c1cccc(F)c1F. The van der Waals surface area contributed by atoms with E-state index in [-0.39, 0.29) is 5.56 Å². The maximum absolute atomic E-state index is 14.1. The second kappa shape index (κ2) is 5.68. The molecule has 1 aromatic carbocycles. The van der Waals surface area contributed by atoms with Crippen LogP contribution in [0.5, 0.6) is 0 Å². The first kappa shape index (κ1) is 13.8. The summed E-state index contributed by atoms with van der Waals surface area (Å²) in [6.07, 6.45) is 3.73. The first-order valence-electron chi connectivity index (χ1n) is 6.92. The number of halogens is 2. The van der Waals surface area contributed by atoms with Gasteiger partial charge >= 0.3 is 0 Å². The molecule has 108 valence electrons. The smallest absolute Gasteiger partial charge is 0.162 e. The Bertz CT molecular complexity index is 675. The summed E-state index contributed by atoms with van der Waals surface area (Å²) in [6, 6.07) is 6.87. The molecule has 2 atom stereocenters. The molecule has 1 aromatic heterocycles. The molecule has 1 heterocycles. The fraction of sp³-hybridized carbons (Fsp3) is 0.312. The first-order valence-corrected chi connectivity index (χ1v) is 6.92. The van der Waals surface area contributed by atoms with Crippen LogP contribution >= 0.6 is 0 Å². The molecule has 0 spiro atoms. The molecule has 3 nitrogen and oxygen atoms in total. The molecule has 21 heavy (non-hydrogen) atoms. The molecule has 1 aliphatic carbocycles. The van der Waals surface area contributed by atoms with Gasteiger partial charge < -0.3 is 0 Å². The van der Waals surface area contributed by atoms with Gasteiger partial charge in [-0.2, -0.15) is 4.91 Å². The molecular weight excluding hydrogens is 274 g/mol. The summed E-state index contributed by atoms with van der Waals surface area (Å²) in [7, 11) is 0. The topological polar surface area (TPSA) is 42.3 Å². The molecule has 0 amide bonds. The van der Waals surface area contributed by atoms with Crippen molar-refractivity contribution in [3.63, 3.8) is 0 Å². The van der Waals surface area contributed by atoms with Crippen molar-refractivity contribution in [2.75, 3.05) is 0 Å². The number of nitrogens with zero attached hydrogens (tertiary/aromatic N) is 2. The molecule has 0 aliphatic heterocycles. The highest BCUT2D eigenvalue weighted by molar-refractivity contribution is 5.33. The van der Waals surface area contributed by atoms with Crippen LogP contribution in [-0.2, 0) is 6.42 Å². The second-order valence-corrected chi connectivity index (χ2v) is 5.23. The highest BCUT2D eigenvalue weighted by Gasteiger charge is 2.32. The molecule has 0 saturated heterocycles. The van der Waals surface area contributed by atoms with Gasteiger partial charge in [0.15, 0.2) is 11.6 Å². The molecule has 1 aliphatic rings. The van der Waals surface area contributed by atoms with Crippen molar-refractivity contribution in [2.45, 2.75) is 31.2 Å². The lowest BCUT2D eigenvalue weighted by Crippen LogP contribution is -2.11. The molecule has 0 radical (unpaired) electrons. The lowest BCUT2D eigenvalue weighted by atomic mass is 9.86. The van der Waals surface area contributed by atoms with E-state index in [0.29, 0.717) is 6.42 Å². The molecule has 0 saturated carbocycles. The van der Waals surface area contributed by atoms with Crippen molar-refractivity contribution in [2.24, 2.45) is 5.18 Å². The van der Waals surface area contributed by atoms with Crippen LogP contribution in [0.2, 0.25) is 0 Å². The van der Waals surface area contributed by atoms with Gasteiger partial charge in [0, 0.05) is 23.4 Å². The standard InChI is InChI=1S/C16H14F2N2O/c17-13-7-1-4-10(15(13)18)11-5-2-8-14-12(16(11)20-21)6-3-9-19-14/h1,3-4,6-7,9,11,16H,2,5,8H2/t11-,16?/m0/s1. The Hall–Kier alpha value is -2.17. The highest BCUT2D eigenvalue weighted by atomic mass is 19.2. The Labute approximate surface area is 121 Å². The van der Waals surface area contributed by atoms with Crippen molar-refractivity contribution in [3.05, 3.63) is 69.9 Å². The molecule has 1 unspecified atom stereocenters. The molecular formula is C16H14F2N2O. The minimum Gasteiger partial charge on any atom is -0.261 e. The van der Waals surface area contributed by atoms with Gasteiger partial charge in [-0.1, -0.05) is 23.4 Å². The average Bonchev–Trinajstić information content (AvgIpc) is 2.69. The van der Waals surface area contributed by atoms with Crippen LogP contribution in [-0.4, -0.2) is 4.98 Å². The van der Waals surface area contributed by atoms with E-state index < -0.39 is 23.6 Å². The van der Waals surface area contributed by atoms with Gasteiger partial charge in [0.25, 0.3) is 0 Å². The maximum atomic E-state index is 14.1. The fourth-order valence-corrected chi connectivity index (χ4v) is 3.06. The number of hydrogen-bond donors (Lipinski definition) is 0. The second-order valence-electron chi connectivity index (χ2n) is 5.23. The van der Waals surface area contributed by atoms with Crippen molar-refractivity contribution >= 4 is 0 Å². The van der Waals surface area contributed by atoms with E-state index in [1.807, 2.05) is 0 Å². The molecule has 0 N–H and O–H groups in total. The van der Waals surface area contributed by atoms with Crippen LogP contribution in [0.25, 0.3) is 0 Å². The lowest BCUT2D eigenvalue weighted by molar-refractivity contribution is 0.455. The summed E-state index contributed by atoms with van der Waals surface area (Å²) >= 11 is 0. The van der Waals surface area contributed by atoms with Crippen LogP contribution in [0.1, 0.15) is 41.6 Å². The number of pyridine rings is 1. The van der Waals surface area contributed by atoms with Gasteiger partial charge in [-0.25, -0.2) is 8.78 Å². The van der Waals surface area contributed by atoms with Crippen molar-refractivity contribution < 1.29 is 8.78 Å². The Balaban J connectivity index is 2.10. The minimum absolute atomic E-state index is 0.219. The molecule has 0 fully saturated rings. The summed E-state index contributed by atoms with van der Waals surface area (Å²) in [5.41, 5.74) is 1.76.